The Bertz CT molecular complexity index is 1020. The van der Waals surface area contributed by atoms with Gasteiger partial charge in [0.25, 0.3) is 11.8 Å². The zero-order valence-electron chi connectivity index (χ0n) is 17.4. The number of amides is 2. The fourth-order valence-electron chi connectivity index (χ4n) is 3.38. The first-order chi connectivity index (χ1) is 14.3. The van der Waals surface area contributed by atoms with Gasteiger partial charge in [0, 0.05) is 34.5 Å². The minimum absolute atomic E-state index is 0.106. The largest absolute Gasteiger partial charge is 0.351 e. The Morgan fingerprint density at radius 1 is 0.967 bits per heavy atom. The molecule has 0 fully saturated rings. The summed E-state index contributed by atoms with van der Waals surface area (Å²) >= 11 is 0. The molecule has 7 heteroatoms. The Morgan fingerprint density at radius 3 is 2.20 bits per heavy atom. The Balaban J connectivity index is 1.72. The van der Waals surface area contributed by atoms with Crippen molar-refractivity contribution in [1.29, 1.82) is 0 Å². The van der Waals surface area contributed by atoms with Gasteiger partial charge in [-0.2, -0.15) is 0 Å². The molecule has 2 atom stereocenters. The average molecular weight is 408 g/mol. The first-order valence-corrected chi connectivity index (χ1v) is 10.1. The molecule has 7 nitrogen and oxygen atoms in total. The Morgan fingerprint density at radius 2 is 1.57 bits per heavy atom. The van der Waals surface area contributed by atoms with Gasteiger partial charge < -0.3 is 15.5 Å². The number of nitrogens with one attached hydrogen (secondary N) is 3. The number of anilines is 1. The number of hydrogen-bond acceptors (Lipinski definition) is 4. The molecule has 1 unspecified atom stereocenters. The molecule has 2 amide bonds. The predicted octanol–water partition coefficient (Wildman–Crippen LogP) is 0.830. The molecule has 0 aliphatic heterocycles. The molecule has 2 aromatic rings. The van der Waals surface area contributed by atoms with Crippen LogP contribution in [0.15, 0.2) is 42.5 Å². The summed E-state index contributed by atoms with van der Waals surface area (Å²) in [6.07, 6.45) is 0.852. The summed E-state index contributed by atoms with van der Waals surface area (Å²) in [5, 5.41) is 5.59. The molecule has 156 valence electrons. The molecule has 30 heavy (non-hydrogen) atoms. The number of ketones is 2. The monoisotopic (exact) mass is 408 g/mol. The summed E-state index contributed by atoms with van der Waals surface area (Å²) in [6.45, 7) is 4.50. The maximum Gasteiger partial charge on any atom is 0.282 e. The third-order valence-electron chi connectivity index (χ3n) is 5.34. The minimum atomic E-state index is -0.480. The van der Waals surface area contributed by atoms with Crippen molar-refractivity contribution in [2.24, 2.45) is 0 Å². The molecule has 0 aromatic heterocycles. The molecule has 0 spiro atoms. The first-order valence-electron chi connectivity index (χ1n) is 10.1. The lowest BCUT2D eigenvalue weighted by Gasteiger charge is -2.21. The quantitative estimate of drug-likeness (QED) is 0.540. The van der Waals surface area contributed by atoms with E-state index in [9.17, 15) is 19.2 Å². The normalized spacial score (nSPS) is 14.4. The topological polar surface area (TPSA) is 96.8 Å². The summed E-state index contributed by atoms with van der Waals surface area (Å²) in [4.78, 5) is 50.8. The molecule has 3 N–H and O–H groups in total. The van der Waals surface area contributed by atoms with Gasteiger partial charge in [0.2, 0.25) is 0 Å². The van der Waals surface area contributed by atoms with Crippen LogP contribution in [-0.4, -0.2) is 49.6 Å². The molecule has 1 aliphatic rings. The van der Waals surface area contributed by atoms with Gasteiger partial charge in [-0.1, -0.05) is 31.2 Å². The average Bonchev–Trinajstić information content (AvgIpc) is 2.75. The number of carbonyl (C=O) groups is 4. The van der Waals surface area contributed by atoms with Crippen LogP contribution in [0.3, 0.4) is 0 Å². The van der Waals surface area contributed by atoms with E-state index in [2.05, 4.69) is 10.6 Å². The Kier molecular flexibility index (Phi) is 6.42. The molecule has 3 rings (SSSR count). The number of benzene rings is 2. The van der Waals surface area contributed by atoms with E-state index in [4.69, 9.17) is 0 Å². The molecule has 0 heterocycles. The summed E-state index contributed by atoms with van der Waals surface area (Å²) in [5.41, 5.74) is 1.82. The fourth-order valence-corrected chi connectivity index (χ4v) is 3.38. The van der Waals surface area contributed by atoms with Gasteiger partial charge in [-0.3, -0.25) is 19.2 Å². The number of quaternary nitrogens is 1. The van der Waals surface area contributed by atoms with Gasteiger partial charge >= 0.3 is 0 Å². The van der Waals surface area contributed by atoms with Crippen molar-refractivity contribution in [2.75, 3.05) is 25.5 Å². The number of carbonyl (C=O) groups excluding carboxylic acids is 4. The smallest absolute Gasteiger partial charge is 0.282 e. The van der Waals surface area contributed by atoms with Crippen LogP contribution in [0.25, 0.3) is 0 Å². The van der Waals surface area contributed by atoms with E-state index in [-0.39, 0.29) is 35.5 Å². The van der Waals surface area contributed by atoms with Gasteiger partial charge in [-0.15, -0.1) is 0 Å². The number of rotatable bonds is 7. The lowest BCUT2D eigenvalue weighted by molar-refractivity contribution is -0.885. The van der Waals surface area contributed by atoms with Crippen LogP contribution in [0, 0.1) is 0 Å². The molecule has 0 bridgehead atoms. The van der Waals surface area contributed by atoms with E-state index in [1.165, 1.54) is 0 Å². The Labute approximate surface area is 175 Å². The second-order valence-corrected chi connectivity index (χ2v) is 7.55. The zero-order chi connectivity index (χ0) is 21.8. The fraction of sp³-hybridized carbons (Fsp3) is 0.304. The lowest BCUT2D eigenvalue weighted by atomic mass is 9.84. The van der Waals surface area contributed by atoms with Crippen molar-refractivity contribution >= 4 is 29.1 Å². The summed E-state index contributed by atoms with van der Waals surface area (Å²) in [6, 6.07) is 11.0. The van der Waals surface area contributed by atoms with Crippen molar-refractivity contribution in [3.63, 3.8) is 0 Å². The third kappa shape index (κ3) is 4.31. The van der Waals surface area contributed by atoms with Gasteiger partial charge in [0.05, 0.1) is 7.05 Å². The van der Waals surface area contributed by atoms with Crippen molar-refractivity contribution in [2.45, 2.75) is 26.3 Å². The number of likely N-dealkylation sites (N-methyl/N-ethyl adjacent to an activating group) is 1. The van der Waals surface area contributed by atoms with Crippen LogP contribution < -0.4 is 15.5 Å². The summed E-state index contributed by atoms with van der Waals surface area (Å²) in [7, 11) is 1.78. The van der Waals surface area contributed by atoms with E-state index in [0.29, 0.717) is 28.9 Å². The van der Waals surface area contributed by atoms with Crippen LogP contribution in [0.5, 0.6) is 0 Å². The molecule has 0 radical (unpaired) electrons. The van der Waals surface area contributed by atoms with Crippen molar-refractivity contribution in [3.05, 3.63) is 64.7 Å². The molecule has 1 aliphatic carbocycles. The van der Waals surface area contributed by atoms with E-state index < -0.39 is 6.04 Å². The van der Waals surface area contributed by atoms with Gasteiger partial charge in [-0.25, -0.2) is 0 Å². The maximum absolute atomic E-state index is 12.8. The van der Waals surface area contributed by atoms with E-state index in [1.54, 1.807) is 56.4 Å². The van der Waals surface area contributed by atoms with Crippen LogP contribution in [0.2, 0.25) is 0 Å². The highest BCUT2D eigenvalue weighted by molar-refractivity contribution is 6.28. The standard InChI is InChI=1S/C23H25N3O4/c1-4-11-24-20(27)13-26(3)14(2)23(30)25-15-9-10-18-19(12-15)22(29)17-8-6-5-7-16(17)21(18)28/h5-10,12,14H,4,11,13H2,1-3H3,(H,24,27)(H,25,30)/p+1/t14-/m1/s1. The molecular formula is C23H26N3O4+. The van der Waals surface area contributed by atoms with Crippen LogP contribution in [0.4, 0.5) is 5.69 Å². The van der Waals surface area contributed by atoms with Crippen LogP contribution in [0.1, 0.15) is 52.1 Å². The van der Waals surface area contributed by atoms with Crippen molar-refractivity contribution in [1.82, 2.24) is 5.32 Å². The number of fused-ring (bicyclic) bond motifs is 2. The highest BCUT2D eigenvalue weighted by atomic mass is 16.2. The molecule has 0 saturated heterocycles. The Hall–Kier alpha value is -3.32. The minimum Gasteiger partial charge on any atom is -0.351 e. The van der Waals surface area contributed by atoms with Crippen LogP contribution >= 0.6 is 0 Å². The summed E-state index contributed by atoms with van der Waals surface area (Å²) in [5.74, 6) is -0.815. The molecule has 2 aromatic carbocycles. The zero-order valence-corrected chi connectivity index (χ0v) is 17.4. The van der Waals surface area contributed by atoms with Crippen molar-refractivity contribution in [3.8, 4) is 0 Å². The second-order valence-electron chi connectivity index (χ2n) is 7.55. The highest BCUT2D eigenvalue weighted by Crippen LogP contribution is 2.29. The van der Waals surface area contributed by atoms with E-state index in [1.807, 2.05) is 6.92 Å². The number of hydrogen-bond donors (Lipinski definition) is 3. The van der Waals surface area contributed by atoms with Crippen molar-refractivity contribution < 1.29 is 24.1 Å². The van der Waals surface area contributed by atoms with E-state index >= 15 is 0 Å². The van der Waals surface area contributed by atoms with Gasteiger partial charge in [0.1, 0.15) is 0 Å². The van der Waals surface area contributed by atoms with E-state index in [0.717, 1.165) is 11.3 Å². The lowest BCUT2D eigenvalue weighted by Crippen LogP contribution is -3.15. The third-order valence-corrected chi connectivity index (χ3v) is 5.34. The van der Waals surface area contributed by atoms with Gasteiger partial charge in [0.15, 0.2) is 24.2 Å². The molecular weight excluding hydrogens is 382 g/mol. The summed E-state index contributed by atoms with van der Waals surface area (Å²) < 4.78 is 0. The predicted molar refractivity (Wildman–Crippen MR) is 113 cm³/mol. The SMILES string of the molecule is CCCNC(=O)C[NH+](C)[C@H](C)C(=O)Nc1ccc2c(c1)C(=O)c1ccccc1C2=O. The first kappa shape index (κ1) is 21.4. The van der Waals surface area contributed by atoms with Gasteiger partial charge in [-0.05, 0) is 31.5 Å². The highest BCUT2D eigenvalue weighted by Gasteiger charge is 2.30. The maximum atomic E-state index is 12.8. The second kappa shape index (κ2) is 9.00. The van der Waals surface area contributed by atoms with Crippen LogP contribution in [-0.2, 0) is 9.59 Å². The molecule has 0 saturated carbocycles.